The van der Waals surface area contributed by atoms with Gasteiger partial charge in [-0.15, -0.1) is 0 Å². The number of nitrogens with one attached hydrogen (secondary N) is 2. The fraction of sp³-hybridized carbons (Fsp3) is 0.290. The van der Waals surface area contributed by atoms with Crippen molar-refractivity contribution in [2.45, 2.75) is 31.4 Å². The number of aromatic nitrogens is 1. The number of carbonyl (C=O) groups is 2. The van der Waals surface area contributed by atoms with Crippen LogP contribution in [0.5, 0.6) is 17.2 Å². The summed E-state index contributed by atoms with van der Waals surface area (Å²) in [6.45, 7) is 0.932. The molecule has 0 bridgehead atoms. The van der Waals surface area contributed by atoms with Crippen LogP contribution in [0, 0.1) is 0 Å². The number of likely N-dealkylation sites (N-methyl/N-ethyl adjacent to an activating group) is 1. The number of amides is 1. The van der Waals surface area contributed by atoms with E-state index < -0.39 is 12.1 Å². The minimum Gasteiger partial charge on any atom is -0.492 e. The third-order valence-corrected chi connectivity index (χ3v) is 8.13. The zero-order chi connectivity index (χ0) is 27.4. The number of ether oxygens (including phenoxy) is 4. The summed E-state index contributed by atoms with van der Waals surface area (Å²) >= 11 is 0. The van der Waals surface area contributed by atoms with Gasteiger partial charge in [0.15, 0.2) is 11.5 Å². The standard InChI is InChI=1S/C31H29N3O6/c1-34-12-11-17-13-24-29(39-16-38-24)30(37-2)26(17)27(34)28-21-9-8-19(14-22(21)31(36)40-28)33-25(35)10-7-18-15-32-23-6-4-3-5-20(18)23/h3-6,8-9,13-15,27-28,32H,7,10-12,16H2,1-2H3,(H,33,35). The molecule has 0 spiro atoms. The number of esters is 1. The number of hydrogen-bond donors (Lipinski definition) is 2. The number of anilines is 1. The van der Waals surface area contributed by atoms with Gasteiger partial charge in [0, 0.05) is 46.9 Å². The van der Waals surface area contributed by atoms with Crippen molar-refractivity contribution in [2.75, 3.05) is 32.8 Å². The van der Waals surface area contributed by atoms with E-state index in [2.05, 4.69) is 15.2 Å². The van der Waals surface area contributed by atoms with E-state index in [1.165, 1.54) is 0 Å². The molecule has 3 aromatic carbocycles. The third-order valence-electron chi connectivity index (χ3n) is 8.13. The van der Waals surface area contributed by atoms with Crippen LogP contribution >= 0.6 is 0 Å². The Hall–Kier alpha value is -4.50. The molecule has 1 amide bonds. The molecule has 0 fully saturated rings. The predicted molar refractivity (Wildman–Crippen MR) is 148 cm³/mol. The van der Waals surface area contributed by atoms with Gasteiger partial charge in [-0.05, 0) is 55.3 Å². The number of methoxy groups -OCH3 is 1. The quantitative estimate of drug-likeness (QED) is 0.336. The highest BCUT2D eigenvalue weighted by Crippen LogP contribution is 2.54. The minimum atomic E-state index is -0.535. The molecule has 0 aliphatic carbocycles. The SMILES string of the molecule is COc1c2c(cc3c1C(C1OC(=O)c4cc(NC(=O)CCc5c[nH]c6ccccc56)ccc41)N(C)CC3)OCO2. The first-order chi connectivity index (χ1) is 19.5. The van der Waals surface area contributed by atoms with Crippen molar-refractivity contribution in [1.82, 2.24) is 9.88 Å². The van der Waals surface area contributed by atoms with Crippen LogP contribution in [0.3, 0.4) is 0 Å². The maximum Gasteiger partial charge on any atom is 0.339 e. The lowest BCUT2D eigenvalue weighted by molar-refractivity contribution is -0.116. The highest BCUT2D eigenvalue weighted by atomic mass is 16.7. The summed E-state index contributed by atoms with van der Waals surface area (Å²) in [5.74, 6) is 1.35. The maximum absolute atomic E-state index is 13.1. The summed E-state index contributed by atoms with van der Waals surface area (Å²) in [5.41, 5.74) is 6.00. The van der Waals surface area contributed by atoms with Crippen molar-refractivity contribution in [2.24, 2.45) is 0 Å². The van der Waals surface area contributed by atoms with Crippen LogP contribution in [-0.4, -0.2) is 49.3 Å². The van der Waals surface area contributed by atoms with E-state index in [-0.39, 0.29) is 18.7 Å². The van der Waals surface area contributed by atoms with Gasteiger partial charge in [0.05, 0.1) is 18.7 Å². The van der Waals surface area contributed by atoms with Crippen molar-refractivity contribution in [1.29, 1.82) is 0 Å². The average Bonchev–Trinajstić information content (AvgIpc) is 3.68. The zero-order valence-electron chi connectivity index (χ0n) is 22.3. The lowest BCUT2D eigenvalue weighted by atomic mass is 9.85. The van der Waals surface area contributed by atoms with Gasteiger partial charge in [-0.2, -0.15) is 0 Å². The Bertz CT molecular complexity index is 1660. The van der Waals surface area contributed by atoms with Gasteiger partial charge in [0.25, 0.3) is 0 Å². The van der Waals surface area contributed by atoms with Crippen LogP contribution in [0.4, 0.5) is 5.69 Å². The second-order valence-electron chi connectivity index (χ2n) is 10.4. The number of aryl methyl sites for hydroxylation is 1. The number of cyclic esters (lactones) is 1. The molecule has 4 aromatic rings. The Morgan fingerprint density at radius 3 is 2.92 bits per heavy atom. The molecule has 2 atom stereocenters. The second-order valence-corrected chi connectivity index (χ2v) is 10.4. The smallest absolute Gasteiger partial charge is 0.339 e. The molecule has 0 radical (unpaired) electrons. The Kier molecular flexibility index (Phi) is 5.89. The van der Waals surface area contributed by atoms with Crippen molar-refractivity contribution in [3.63, 3.8) is 0 Å². The van der Waals surface area contributed by atoms with Gasteiger partial charge >= 0.3 is 5.97 Å². The van der Waals surface area contributed by atoms with E-state index in [1.54, 1.807) is 13.2 Å². The largest absolute Gasteiger partial charge is 0.492 e. The normalized spacial score (nSPS) is 19.3. The molecule has 1 aromatic heterocycles. The van der Waals surface area contributed by atoms with Gasteiger partial charge in [0.2, 0.25) is 18.4 Å². The Morgan fingerprint density at radius 2 is 2.05 bits per heavy atom. The number of H-pyrrole nitrogens is 1. The van der Waals surface area contributed by atoms with E-state index in [4.69, 9.17) is 18.9 Å². The Morgan fingerprint density at radius 1 is 1.18 bits per heavy atom. The topological polar surface area (TPSA) is 102 Å². The average molecular weight is 540 g/mol. The summed E-state index contributed by atoms with van der Waals surface area (Å²) in [4.78, 5) is 31.3. The van der Waals surface area contributed by atoms with Gasteiger partial charge in [-0.1, -0.05) is 24.3 Å². The summed E-state index contributed by atoms with van der Waals surface area (Å²) in [5, 5.41) is 4.07. The minimum absolute atomic E-state index is 0.116. The Balaban J connectivity index is 1.13. The fourth-order valence-corrected chi connectivity index (χ4v) is 6.20. The van der Waals surface area contributed by atoms with E-state index in [0.29, 0.717) is 41.3 Å². The molecule has 7 rings (SSSR count). The number of rotatable bonds is 6. The third kappa shape index (κ3) is 3.96. The molecule has 9 nitrogen and oxygen atoms in total. The number of aromatic amines is 1. The molecule has 204 valence electrons. The van der Waals surface area contributed by atoms with Crippen LogP contribution in [0.25, 0.3) is 10.9 Å². The number of carbonyl (C=O) groups excluding carboxylic acids is 2. The number of fused-ring (bicyclic) bond motifs is 4. The maximum atomic E-state index is 13.1. The van der Waals surface area contributed by atoms with Gasteiger partial charge in [-0.25, -0.2) is 4.79 Å². The molecule has 4 heterocycles. The summed E-state index contributed by atoms with van der Waals surface area (Å²) in [6, 6.07) is 15.2. The van der Waals surface area contributed by atoms with Crippen molar-refractivity contribution in [3.05, 3.63) is 82.5 Å². The number of hydrogen-bond acceptors (Lipinski definition) is 7. The molecule has 0 saturated carbocycles. The molecular weight excluding hydrogens is 510 g/mol. The van der Waals surface area contributed by atoms with Gasteiger partial charge < -0.3 is 29.2 Å². The number of para-hydroxylation sites is 1. The highest BCUT2D eigenvalue weighted by molar-refractivity contribution is 5.98. The molecule has 40 heavy (non-hydrogen) atoms. The van der Waals surface area contributed by atoms with Crippen LogP contribution in [0.15, 0.2) is 54.7 Å². The first-order valence-electron chi connectivity index (χ1n) is 13.4. The first kappa shape index (κ1) is 24.5. The van der Waals surface area contributed by atoms with E-state index in [1.807, 2.05) is 55.7 Å². The molecular formula is C31H29N3O6. The van der Waals surface area contributed by atoms with Crippen LogP contribution in [0.2, 0.25) is 0 Å². The molecule has 3 aliphatic rings. The van der Waals surface area contributed by atoms with Crippen molar-refractivity contribution in [3.8, 4) is 17.2 Å². The zero-order valence-corrected chi connectivity index (χ0v) is 22.3. The number of nitrogens with zero attached hydrogens (tertiary/aromatic N) is 1. The summed E-state index contributed by atoms with van der Waals surface area (Å²) in [6.07, 6.45) is 3.16. The van der Waals surface area contributed by atoms with Crippen LogP contribution < -0.4 is 19.5 Å². The molecule has 0 saturated heterocycles. The second kappa shape index (κ2) is 9.60. The van der Waals surface area contributed by atoms with Gasteiger partial charge in [0.1, 0.15) is 6.10 Å². The van der Waals surface area contributed by atoms with E-state index in [0.717, 1.165) is 46.1 Å². The predicted octanol–water partition coefficient (Wildman–Crippen LogP) is 4.92. The fourth-order valence-electron chi connectivity index (χ4n) is 6.20. The molecule has 3 aliphatic heterocycles. The van der Waals surface area contributed by atoms with Gasteiger partial charge in [-0.3, -0.25) is 9.69 Å². The van der Waals surface area contributed by atoms with E-state index >= 15 is 0 Å². The van der Waals surface area contributed by atoms with E-state index in [9.17, 15) is 9.59 Å². The molecule has 9 heteroatoms. The molecule has 2 N–H and O–H groups in total. The summed E-state index contributed by atoms with van der Waals surface area (Å²) in [7, 11) is 3.64. The summed E-state index contributed by atoms with van der Waals surface area (Å²) < 4.78 is 23.2. The lowest BCUT2D eigenvalue weighted by Crippen LogP contribution is -2.36. The number of benzene rings is 3. The van der Waals surface area contributed by atoms with Crippen LogP contribution in [-0.2, 0) is 22.4 Å². The first-order valence-corrected chi connectivity index (χ1v) is 13.4. The van der Waals surface area contributed by atoms with Crippen molar-refractivity contribution >= 4 is 28.5 Å². The van der Waals surface area contributed by atoms with Crippen LogP contribution in [0.1, 0.15) is 51.2 Å². The monoisotopic (exact) mass is 539 g/mol. The highest BCUT2D eigenvalue weighted by Gasteiger charge is 2.44. The lowest BCUT2D eigenvalue weighted by Gasteiger charge is -2.38. The molecule has 2 unspecified atom stereocenters. The Labute approximate surface area is 231 Å². The van der Waals surface area contributed by atoms with Crippen molar-refractivity contribution < 1.29 is 28.5 Å².